The lowest BCUT2D eigenvalue weighted by Crippen LogP contribution is -2.32. The molecule has 0 fully saturated rings. The number of anilines is 2. The smallest absolute Gasteiger partial charge is 0.267 e. The van der Waals surface area contributed by atoms with E-state index in [1.54, 1.807) is 17.0 Å². The molecule has 136 valence electrons. The first-order valence-electron chi connectivity index (χ1n) is 8.15. The first-order chi connectivity index (χ1) is 13.0. The molecular weight excluding hydrogens is 387 g/mol. The minimum absolute atomic E-state index is 0.0986. The topological polar surface area (TPSA) is 81.3 Å². The minimum atomic E-state index is -0.294. The zero-order chi connectivity index (χ0) is 19.0. The van der Waals surface area contributed by atoms with Gasteiger partial charge in [0.15, 0.2) is 0 Å². The van der Waals surface area contributed by atoms with Gasteiger partial charge in [-0.25, -0.2) is 9.97 Å². The Balaban J connectivity index is 1.68. The molecule has 1 aromatic heterocycles. The van der Waals surface area contributed by atoms with Crippen molar-refractivity contribution in [3.8, 4) is 17.0 Å². The van der Waals surface area contributed by atoms with Crippen LogP contribution in [-0.4, -0.2) is 29.0 Å². The van der Waals surface area contributed by atoms with E-state index >= 15 is 0 Å². The van der Waals surface area contributed by atoms with Crippen molar-refractivity contribution < 1.29 is 9.53 Å². The summed E-state index contributed by atoms with van der Waals surface area (Å²) in [5, 5.41) is 1.14. The number of amides is 1. The van der Waals surface area contributed by atoms with Crippen LogP contribution in [0.15, 0.2) is 48.8 Å². The largest absolute Gasteiger partial charge is 0.475 e. The summed E-state index contributed by atoms with van der Waals surface area (Å²) in [6, 6.07) is 12.8. The van der Waals surface area contributed by atoms with Crippen LogP contribution in [-0.2, 0) is 0 Å². The highest BCUT2D eigenvalue weighted by molar-refractivity contribution is 6.36. The molecule has 6 nitrogen and oxygen atoms in total. The van der Waals surface area contributed by atoms with Gasteiger partial charge in [-0.1, -0.05) is 41.4 Å². The van der Waals surface area contributed by atoms with Crippen molar-refractivity contribution in [1.82, 2.24) is 9.97 Å². The van der Waals surface area contributed by atoms with Crippen LogP contribution in [0.25, 0.3) is 11.1 Å². The zero-order valence-electron chi connectivity index (χ0n) is 14.0. The number of rotatable bonds is 2. The number of ether oxygens (including phenoxy) is 1. The second kappa shape index (κ2) is 7.06. The van der Waals surface area contributed by atoms with E-state index in [4.69, 9.17) is 33.7 Å². The monoisotopic (exact) mass is 400 g/mol. The Hall–Kier alpha value is -2.83. The van der Waals surface area contributed by atoms with E-state index < -0.39 is 0 Å². The fourth-order valence-corrected chi connectivity index (χ4v) is 3.47. The number of carbonyl (C=O) groups excluding carboxylic acids is 1. The van der Waals surface area contributed by atoms with Gasteiger partial charge in [0.2, 0.25) is 5.88 Å². The Bertz CT molecular complexity index is 1020. The van der Waals surface area contributed by atoms with Crippen molar-refractivity contribution >= 4 is 40.6 Å². The molecule has 27 heavy (non-hydrogen) atoms. The average molecular weight is 401 g/mol. The molecule has 0 radical (unpaired) electrons. The van der Waals surface area contributed by atoms with E-state index in [0.29, 0.717) is 28.9 Å². The summed E-state index contributed by atoms with van der Waals surface area (Å²) in [5.74, 6) is 0.0129. The molecule has 0 spiro atoms. The number of nitrogens with two attached hydrogens (primary N) is 1. The number of hydrogen-bond acceptors (Lipinski definition) is 5. The van der Waals surface area contributed by atoms with Crippen molar-refractivity contribution in [2.45, 2.75) is 0 Å². The van der Waals surface area contributed by atoms with E-state index in [1.807, 2.05) is 30.3 Å². The van der Waals surface area contributed by atoms with Crippen molar-refractivity contribution in [1.29, 1.82) is 0 Å². The van der Waals surface area contributed by atoms with Crippen molar-refractivity contribution in [2.24, 2.45) is 0 Å². The number of carbonyl (C=O) groups is 1. The molecule has 1 amide bonds. The summed E-state index contributed by atoms with van der Waals surface area (Å²) < 4.78 is 5.55. The van der Waals surface area contributed by atoms with Crippen LogP contribution < -0.4 is 15.4 Å². The Morgan fingerprint density at radius 2 is 1.85 bits per heavy atom. The normalized spacial score (nSPS) is 13.7. The quantitative estimate of drug-likeness (QED) is 0.700. The fourth-order valence-electron chi connectivity index (χ4n) is 2.95. The molecule has 0 saturated carbocycles. The van der Waals surface area contributed by atoms with E-state index in [1.165, 1.54) is 6.33 Å². The summed E-state index contributed by atoms with van der Waals surface area (Å²) in [4.78, 5) is 22.5. The van der Waals surface area contributed by atoms with Crippen LogP contribution in [0.2, 0.25) is 10.0 Å². The summed E-state index contributed by atoms with van der Waals surface area (Å²) in [5.41, 5.74) is 8.54. The standard InChI is InChI=1S/C19H14Cl2N4O2/c20-12-3-6-14(15(21)9-12)11-1-4-13(5-2-11)25-7-8-27-18-16(19(25)26)17(22)23-10-24-18/h1-6,9-10H,7-8H2,(H2,22,23,24). The third-order valence-corrected chi connectivity index (χ3v) is 4.82. The maximum absolute atomic E-state index is 13.0. The summed E-state index contributed by atoms with van der Waals surface area (Å²) in [7, 11) is 0. The van der Waals surface area contributed by atoms with Crippen LogP contribution in [0.4, 0.5) is 11.5 Å². The molecule has 0 atom stereocenters. The fraction of sp³-hybridized carbons (Fsp3) is 0.105. The Labute approximate surface area is 165 Å². The predicted octanol–water partition coefficient (Wildman–Crippen LogP) is 4.07. The van der Waals surface area contributed by atoms with Crippen LogP contribution in [0, 0.1) is 0 Å². The van der Waals surface area contributed by atoms with Crippen molar-refractivity contribution in [3.63, 3.8) is 0 Å². The molecule has 0 bridgehead atoms. The minimum Gasteiger partial charge on any atom is -0.475 e. The number of benzene rings is 2. The van der Waals surface area contributed by atoms with Gasteiger partial charge in [-0.3, -0.25) is 4.79 Å². The highest BCUT2D eigenvalue weighted by Gasteiger charge is 2.28. The maximum atomic E-state index is 13.0. The van der Waals surface area contributed by atoms with Gasteiger partial charge in [-0.15, -0.1) is 0 Å². The van der Waals surface area contributed by atoms with Crippen molar-refractivity contribution in [2.75, 3.05) is 23.8 Å². The number of aromatic nitrogens is 2. The number of hydrogen-bond donors (Lipinski definition) is 1. The van der Waals surface area contributed by atoms with Gasteiger partial charge >= 0.3 is 0 Å². The van der Waals surface area contributed by atoms with Gasteiger partial charge in [-0.05, 0) is 29.8 Å². The highest BCUT2D eigenvalue weighted by atomic mass is 35.5. The first kappa shape index (κ1) is 17.6. The third kappa shape index (κ3) is 3.29. The molecule has 2 N–H and O–H groups in total. The summed E-state index contributed by atoms with van der Waals surface area (Å²) in [6.45, 7) is 0.676. The van der Waals surface area contributed by atoms with E-state index in [0.717, 1.165) is 11.1 Å². The number of halogens is 2. The lowest BCUT2D eigenvalue weighted by molar-refractivity contribution is 0.0990. The number of fused-ring (bicyclic) bond motifs is 1. The van der Waals surface area contributed by atoms with E-state index in [9.17, 15) is 4.79 Å². The Kier molecular flexibility index (Phi) is 4.59. The SMILES string of the molecule is Nc1ncnc2c1C(=O)N(c1ccc(-c3ccc(Cl)cc3Cl)cc1)CCO2. The molecule has 1 aliphatic rings. The number of nitrogens with zero attached hydrogens (tertiary/aromatic N) is 3. The highest BCUT2D eigenvalue weighted by Crippen LogP contribution is 2.33. The average Bonchev–Trinajstić information content (AvgIpc) is 2.82. The molecule has 2 aromatic carbocycles. The van der Waals surface area contributed by atoms with Gasteiger partial charge < -0.3 is 15.4 Å². The lowest BCUT2D eigenvalue weighted by Gasteiger charge is -2.20. The van der Waals surface area contributed by atoms with Crippen LogP contribution in [0.5, 0.6) is 5.88 Å². The van der Waals surface area contributed by atoms with Gasteiger partial charge in [0.1, 0.15) is 24.3 Å². The lowest BCUT2D eigenvalue weighted by atomic mass is 10.0. The van der Waals surface area contributed by atoms with Crippen LogP contribution in [0.3, 0.4) is 0 Å². The molecular formula is C19H14Cl2N4O2. The summed E-state index contributed by atoms with van der Waals surface area (Å²) in [6.07, 6.45) is 1.28. The Morgan fingerprint density at radius 1 is 1.07 bits per heavy atom. The van der Waals surface area contributed by atoms with Crippen LogP contribution in [0.1, 0.15) is 10.4 Å². The molecule has 4 rings (SSSR count). The second-order valence-corrected chi connectivity index (χ2v) is 6.76. The molecule has 8 heteroatoms. The maximum Gasteiger partial charge on any atom is 0.267 e. The Morgan fingerprint density at radius 3 is 2.59 bits per heavy atom. The van der Waals surface area contributed by atoms with Gasteiger partial charge in [0, 0.05) is 21.3 Å². The molecule has 0 saturated heterocycles. The van der Waals surface area contributed by atoms with Gasteiger partial charge in [0.25, 0.3) is 5.91 Å². The van der Waals surface area contributed by atoms with Gasteiger partial charge in [-0.2, -0.15) is 0 Å². The van der Waals surface area contributed by atoms with E-state index in [-0.39, 0.29) is 23.2 Å². The zero-order valence-corrected chi connectivity index (χ0v) is 15.5. The molecule has 1 aliphatic heterocycles. The molecule has 0 unspecified atom stereocenters. The number of nitrogen functional groups attached to an aromatic ring is 1. The third-order valence-electron chi connectivity index (χ3n) is 4.28. The van der Waals surface area contributed by atoms with Crippen molar-refractivity contribution in [3.05, 3.63) is 64.4 Å². The molecule has 2 heterocycles. The molecule has 3 aromatic rings. The summed E-state index contributed by atoms with van der Waals surface area (Å²) >= 11 is 12.2. The molecule has 0 aliphatic carbocycles. The van der Waals surface area contributed by atoms with E-state index in [2.05, 4.69) is 9.97 Å². The second-order valence-electron chi connectivity index (χ2n) is 5.92. The first-order valence-corrected chi connectivity index (χ1v) is 8.91. The predicted molar refractivity (Wildman–Crippen MR) is 106 cm³/mol. The van der Waals surface area contributed by atoms with Crippen LogP contribution >= 0.6 is 23.2 Å². The van der Waals surface area contributed by atoms with Gasteiger partial charge in [0.05, 0.1) is 6.54 Å².